The number of urea groups is 1. The van der Waals surface area contributed by atoms with E-state index in [1.54, 1.807) is 9.80 Å². The summed E-state index contributed by atoms with van der Waals surface area (Å²) < 4.78 is 0. The minimum atomic E-state index is -0.492. The Hall–Kier alpha value is -1.01. The molecule has 2 fully saturated rings. The summed E-state index contributed by atoms with van der Waals surface area (Å²) in [6.07, 6.45) is 0. The maximum atomic E-state index is 12.3. The van der Waals surface area contributed by atoms with Crippen LogP contribution in [-0.4, -0.2) is 60.0 Å². The topological polar surface area (TPSA) is 78.7 Å². The molecule has 2 heterocycles. The summed E-state index contributed by atoms with van der Waals surface area (Å²) in [6, 6.07) is -0.413. The molecule has 0 aromatic heterocycles. The van der Waals surface area contributed by atoms with Crippen LogP contribution in [0.3, 0.4) is 0 Å². The van der Waals surface area contributed by atoms with Crippen LogP contribution in [0.4, 0.5) is 4.79 Å². The summed E-state index contributed by atoms with van der Waals surface area (Å²) in [5, 5.41) is 2.80. The highest BCUT2D eigenvalue weighted by molar-refractivity contribution is 5.85. The van der Waals surface area contributed by atoms with Gasteiger partial charge >= 0.3 is 6.03 Å². The second kappa shape index (κ2) is 5.54. The highest BCUT2D eigenvalue weighted by Crippen LogP contribution is 2.21. The SMILES string of the molecule is CC(C)(C)[C@H](N)C(=O)N1CCN2C(=O)NCC2C1.Cl. The Labute approximate surface area is 120 Å². The van der Waals surface area contributed by atoms with E-state index in [9.17, 15) is 9.59 Å². The minimum absolute atomic E-state index is 0. The zero-order chi connectivity index (χ0) is 13.5. The largest absolute Gasteiger partial charge is 0.337 e. The lowest BCUT2D eigenvalue weighted by atomic mass is 9.86. The molecule has 2 rings (SSSR count). The first-order chi connectivity index (χ1) is 8.30. The van der Waals surface area contributed by atoms with E-state index in [1.807, 2.05) is 20.8 Å². The molecule has 0 aromatic carbocycles. The Morgan fingerprint density at radius 1 is 1.42 bits per heavy atom. The zero-order valence-corrected chi connectivity index (χ0v) is 12.5. The molecule has 3 amide bonds. The van der Waals surface area contributed by atoms with Gasteiger partial charge in [0.2, 0.25) is 5.91 Å². The molecule has 0 bridgehead atoms. The van der Waals surface area contributed by atoms with E-state index in [0.29, 0.717) is 26.2 Å². The number of fused-ring (bicyclic) bond motifs is 1. The molecule has 19 heavy (non-hydrogen) atoms. The Bertz CT molecular complexity index is 369. The smallest absolute Gasteiger partial charge is 0.317 e. The fourth-order valence-corrected chi connectivity index (χ4v) is 2.37. The van der Waals surface area contributed by atoms with Gasteiger partial charge in [0.1, 0.15) is 0 Å². The molecule has 7 heteroatoms. The Morgan fingerprint density at radius 3 is 2.63 bits per heavy atom. The second-order valence-electron chi connectivity index (χ2n) is 6.16. The summed E-state index contributed by atoms with van der Waals surface area (Å²) >= 11 is 0. The number of hydrogen-bond donors (Lipinski definition) is 2. The summed E-state index contributed by atoms with van der Waals surface area (Å²) in [6.45, 7) is 8.27. The molecule has 2 atom stereocenters. The molecule has 0 radical (unpaired) electrons. The molecule has 3 N–H and O–H groups in total. The Balaban J connectivity index is 0.00000180. The van der Waals surface area contributed by atoms with Gasteiger partial charge in [-0.3, -0.25) is 4.79 Å². The van der Waals surface area contributed by atoms with Gasteiger partial charge in [-0.15, -0.1) is 12.4 Å². The quantitative estimate of drug-likeness (QED) is 0.714. The van der Waals surface area contributed by atoms with Gasteiger partial charge in [0.05, 0.1) is 12.1 Å². The van der Waals surface area contributed by atoms with E-state index in [4.69, 9.17) is 5.73 Å². The van der Waals surface area contributed by atoms with Crippen molar-refractivity contribution in [3.63, 3.8) is 0 Å². The third-order valence-electron chi connectivity index (χ3n) is 3.74. The van der Waals surface area contributed by atoms with Gasteiger partial charge < -0.3 is 20.9 Å². The molecule has 110 valence electrons. The number of nitrogens with two attached hydrogens (primary N) is 1. The lowest BCUT2D eigenvalue weighted by molar-refractivity contribution is -0.137. The molecule has 2 aliphatic heterocycles. The van der Waals surface area contributed by atoms with Crippen LogP contribution in [0.2, 0.25) is 0 Å². The Morgan fingerprint density at radius 2 is 2.05 bits per heavy atom. The lowest BCUT2D eigenvalue weighted by Gasteiger charge is -2.39. The van der Waals surface area contributed by atoms with Crippen LogP contribution in [0.25, 0.3) is 0 Å². The summed E-state index contributed by atoms with van der Waals surface area (Å²) in [4.78, 5) is 27.3. The van der Waals surface area contributed by atoms with Gasteiger partial charge in [0.15, 0.2) is 0 Å². The molecular formula is C12H23ClN4O2. The molecule has 0 aromatic rings. The molecule has 0 aliphatic carbocycles. The first-order valence-electron chi connectivity index (χ1n) is 6.39. The van der Waals surface area contributed by atoms with Crippen molar-refractivity contribution in [2.45, 2.75) is 32.9 Å². The van der Waals surface area contributed by atoms with Crippen molar-refractivity contribution in [2.24, 2.45) is 11.1 Å². The first kappa shape index (κ1) is 16.0. The minimum Gasteiger partial charge on any atom is -0.337 e. The van der Waals surface area contributed by atoms with Crippen molar-refractivity contribution >= 4 is 24.3 Å². The number of nitrogens with one attached hydrogen (secondary N) is 1. The summed E-state index contributed by atoms with van der Waals surface area (Å²) in [5.41, 5.74) is 5.76. The van der Waals surface area contributed by atoms with Crippen LogP contribution < -0.4 is 11.1 Å². The van der Waals surface area contributed by atoms with Crippen molar-refractivity contribution in [2.75, 3.05) is 26.2 Å². The van der Waals surface area contributed by atoms with Crippen molar-refractivity contribution in [1.82, 2.24) is 15.1 Å². The Kier molecular flexibility index (Phi) is 4.68. The number of hydrogen-bond acceptors (Lipinski definition) is 3. The van der Waals surface area contributed by atoms with E-state index in [1.165, 1.54) is 0 Å². The monoisotopic (exact) mass is 290 g/mol. The highest BCUT2D eigenvalue weighted by atomic mass is 35.5. The standard InChI is InChI=1S/C12H22N4O2.ClH/c1-12(2,3)9(13)10(17)15-4-5-16-8(7-15)6-14-11(16)18;/h8-9H,4-7,13H2,1-3H3,(H,14,18);1H/t8?,9-;/m1./s1. The van der Waals surface area contributed by atoms with Gasteiger partial charge in [-0.05, 0) is 5.41 Å². The highest BCUT2D eigenvalue weighted by Gasteiger charge is 2.39. The second-order valence-corrected chi connectivity index (χ2v) is 6.16. The van der Waals surface area contributed by atoms with Crippen molar-refractivity contribution in [3.8, 4) is 0 Å². The maximum absolute atomic E-state index is 12.3. The maximum Gasteiger partial charge on any atom is 0.317 e. The third kappa shape index (κ3) is 3.12. The van der Waals surface area contributed by atoms with Crippen LogP contribution in [0.5, 0.6) is 0 Å². The normalized spacial score (nSPS) is 24.4. The number of nitrogens with zero attached hydrogens (tertiary/aromatic N) is 2. The number of halogens is 1. The van der Waals surface area contributed by atoms with Crippen LogP contribution >= 0.6 is 12.4 Å². The zero-order valence-electron chi connectivity index (χ0n) is 11.7. The average Bonchev–Trinajstić information content (AvgIpc) is 2.67. The van der Waals surface area contributed by atoms with E-state index in [-0.39, 0.29) is 35.8 Å². The predicted octanol–water partition coefficient (Wildman–Crippen LogP) is 0.0176. The first-order valence-corrected chi connectivity index (χ1v) is 6.39. The molecule has 1 unspecified atom stereocenters. The number of rotatable bonds is 1. The molecular weight excluding hydrogens is 268 g/mol. The lowest BCUT2D eigenvalue weighted by Crippen LogP contribution is -2.58. The summed E-state index contributed by atoms with van der Waals surface area (Å²) in [5.74, 6) is -0.0125. The predicted molar refractivity (Wildman–Crippen MR) is 75.2 cm³/mol. The van der Waals surface area contributed by atoms with Crippen molar-refractivity contribution < 1.29 is 9.59 Å². The van der Waals surface area contributed by atoms with Gasteiger partial charge in [-0.25, -0.2) is 4.79 Å². The molecule has 6 nitrogen and oxygen atoms in total. The number of piperazine rings is 1. The van der Waals surface area contributed by atoms with Crippen LogP contribution in [0.15, 0.2) is 0 Å². The molecule has 0 spiro atoms. The van der Waals surface area contributed by atoms with E-state index in [2.05, 4.69) is 5.32 Å². The van der Waals surface area contributed by atoms with Gasteiger partial charge in [-0.1, -0.05) is 20.8 Å². The third-order valence-corrected chi connectivity index (χ3v) is 3.74. The van der Waals surface area contributed by atoms with E-state index in [0.717, 1.165) is 0 Å². The van der Waals surface area contributed by atoms with Gasteiger partial charge in [0.25, 0.3) is 0 Å². The van der Waals surface area contributed by atoms with E-state index < -0.39 is 6.04 Å². The van der Waals surface area contributed by atoms with Crippen LogP contribution in [-0.2, 0) is 4.79 Å². The summed E-state index contributed by atoms with van der Waals surface area (Å²) in [7, 11) is 0. The number of carbonyl (C=O) groups excluding carboxylic acids is 2. The average molecular weight is 291 g/mol. The number of amides is 3. The fourth-order valence-electron chi connectivity index (χ4n) is 2.37. The van der Waals surface area contributed by atoms with Crippen molar-refractivity contribution in [1.29, 1.82) is 0 Å². The molecule has 2 saturated heterocycles. The number of carbonyl (C=O) groups is 2. The van der Waals surface area contributed by atoms with E-state index >= 15 is 0 Å². The molecule has 0 saturated carbocycles. The van der Waals surface area contributed by atoms with Crippen molar-refractivity contribution in [3.05, 3.63) is 0 Å². The van der Waals surface area contributed by atoms with Gasteiger partial charge in [0, 0.05) is 26.2 Å². The van der Waals surface area contributed by atoms with Crippen LogP contribution in [0, 0.1) is 5.41 Å². The van der Waals surface area contributed by atoms with Gasteiger partial charge in [-0.2, -0.15) is 0 Å². The fraction of sp³-hybridized carbons (Fsp3) is 0.833. The molecule has 2 aliphatic rings. The van der Waals surface area contributed by atoms with Crippen LogP contribution in [0.1, 0.15) is 20.8 Å².